The highest BCUT2D eigenvalue weighted by molar-refractivity contribution is 5.52. The summed E-state index contributed by atoms with van der Waals surface area (Å²) >= 11 is 0. The molecule has 0 aliphatic heterocycles. The smallest absolute Gasteiger partial charge is 0.247 e. The number of rotatable bonds is 7. The molecule has 0 spiro atoms. The summed E-state index contributed by atoms with van der Waals surface area (Å²) in [5, 5.41) is 11.5. The van der Waals surface area contributed by atoms with Gasteiger partial charge in [0.1, 0.15) is 5.75 Å². The van der Waals surface area contributed by atoms with Crippen LogP contribution in [0.2, 0.25) is 0 Å². The number of hydrogen-bond donors (Lipinski definition) is 1. The molecular formula is C19H21N3O2. The van der Waals surface area contributed by atoms with Gasteiger partial charge in [0.2, 0.25) is 11.8 Å². The Morgan fingerprint density at radius 1 is 1.08 bits per heavy atom. The van der Waals surface area contributed by atoms with E-state index in [0.717, 1.165) is 24.3 Å². The van der Waals surface area contributed by atoms with E-state index in [4.69, 9.17) is 9.15 Å². The van der Waals surface area contributed by atoms with Gasteiger partial charge in [-0.2, -0.15) is 0 Å². The molecule has 0 fully saturated rings. The first-order valence-electron chi connectivity index (χ1n) is 7.97. The van der Waals surface area contributed by atoms with E-state index in [9.17, 15) is 0 Å². The predicted molar refractivity (Wildman–Crippen MR) is 92.9 cm³/mol. The van der Waals surface area contributed by atoms with E-state index in [0.29, 0.717) is 18.3 Å². The maximum absolute atomic E-state index is 5.69. The number of aryl methyl sites for hydroxylation is 1. The molecule has 0 amide bonds. The van der Waals surface area contributed by atoms with Crippen LogP contribution in [0.3, 0.4) is 0 Å². The molecule has 3 rings (SSSR count). The third-order valence-corrected chi connectivity index (χ3v) is 3.77. The second-order valence-corrected chi connectivity index (χ2v) is 5.65. The number of nitrogens with one attached hydrogen (secondary N) is 1. The minimum atomic E-state index is 0.555. The molecule has 0 unspecified atom stereocenters. The van der Waals surface area contributed by atoms with Gasteiger partial charge >= 0.3 is 0 Å². The summed E-state index contributed by atoms with van der Waals surface area (Å²) in [6.45, 7) is 3.44. The van der Waals surface area contributed by atoms with Crippen molar-refractivity contribution in [3.63, 3.8) is 0 Å². The lowest BCUT2D eigenvalue weighted by Gasteiger charge is -2.05. The first kappa shape index (κ1) is 16.2. The summed E-state index contributed by atoms with van der Waals surface area (Å²) in [4.78, 5) is 0. The van der Waals surface area contributed by atoms with Gasteiger partial charge in [-0.05, 0) is 49.7 Å². The highest BCUT2D eigenvalue weighted by Crippen LogP contribution is 2.18. The van der Waals surface area contributed by atoms with Crippen molar-refractivity contribution in [3.8, 4) is 17.2 Å². The van der Waals surface area contributed by atoms with Crippen molar-refractivity contribution >= 4 is 0 Å². The lowest BCUT2D eigenvalue weighted by molar-refractivity contribution is 0.414. The van der Waals surface area contributed by atoms with Crippen molar-refractivity contribution in [1.82, 2.24) is 15.5 Å². The second-order valence-electron chi connectivity index (χ2n) is 5.65. The number of hydrogen-bond acceptors (Lipinski definition) is 5. The summed E-state index contributed by atoms with van der Waals surface area (Å²) in [7, 11) is 1.68. The van der Waals surface area contributed by atoms with Crippen molar-refractivity contribution in [3.05, 3.63) is 65.5 Å². The largest absolute Gasteiger partial charge is 0.497 e. The highest BCUT2D eigenvalue weighted by Gasteiger charge is 2.07. The zero-order chi connectivity index (χ0) is 16.8. The van der Waals surface area contributed by atoms with Crippen molar-refractivity contribution in [2.75, 3.05) is 13.7 Å². The Labute approximate surface area is 141 Å². The van der Waals surface area contributed by atoms with Crippen LogP contribution in [-0.2, 0) is 13.0 Å². The number of nitrogens with zero attached hydrogens (tertiary/aromatic N) is 2. The third-order valence-electron chi connectivity index (χ3n) is 3.77. The molecule has 0 aliphatic carbocycles. The van der Waals surface area contributed by atoms with Gasteiger partial charge < -0.3 is 14.5 Å². The molecule has 0 bridgehead atoms. The van der Waals surface area contributed by atoms with Crippen LogP contribution >= 0.6 is 0 Å². The first-order chi connectivity index (χ1) is 11.7. The van der Waals surface area contributed by atoms with E-state index in [-0.39, 0.29) is 0 Å². The topological polar surface area (TPSA) is 60.2 Å². The van der Waals surface area contributed by atoms with Gasteiger partial charge in [0, 0.05) is 5.56 Å². The molecule has 5 nitrogen and oxygen atoms in total. The van der Waals surface area contributed by atoms with E-state index in [1.807, 2.05) is 42.5 Å². The number of methoxy groups -OCH3 is 1. The van der Waals surface area contributed by atoms with Crippen LogP contribution in [0.4, 0.5) is 0 Å². The first-order valence-corrected chi connectivity index (χ1v) is 7.97. The van der Waals surface area contributed by atoms with Crippen LogP contribution in [0.1, 0.15) is 17.0 Å². The molecule has 0 aliphatic rings. The van der Waals surface area contributed by atoms with Crippen LogP contribution < -0.4 is 10.1 Å². The van der Waals surface area contributed by atoms with E-state index in [1.54, 1.807) is 7.11 Å². The molecule has 2 aromatic carbocycles. The molecule has 0 saturated heterocycles. The molecule has 3 aromatic rings. The molecule has 124 valence electrons. The Morgan fingerprint density at radius 2 is 1.92 bits per heavy atom. The predicted octanol–water partition coefficient (Wildman–Crippen LogP) is 3.39. The Balaban J connectivity index is 1.49. The van der Waals surface area contributed by atoms with Gasteiger partial charge in [-0.25, -0.2) is 0 Å². The maximum atomic E-state index is 5.69. The molecule has 0 saturated carbocycles. The molecule has 1 aromatic heterocycles. The van der Waals surface area contributed by atoms with Gasteiger partial charge in [0.15, 0.2) is 0 Å². The van der Waals surface area contributed by atoms with Crippen LogP contribution in [0, 0.1) is 6.92 Å². The Bertz CT molecular complexity index is 781. The average molecular weight is 323 g/mol. The minimum Gasteiger partial charge on any atom is -0.497 e. The molecule has 1 N–H and O–H groups in total. The van der Waals surface area contributed by atoms with E-state index < -0.39 is 0 Å². The monoisotopic (exact) mass is 323 g/mol. The SMILES string of the molecule is COc1cccc(CCNCc2nnc(-c3ccc(C)cc3)o2)c1. The summed E-state index contributed by atoms with van der Waals surface area (Å²) < 4.78 is 10.9. The van der Waals surface area contributed by atoms with E-state index in [1.165, 1.54) is 11.1 Å². The quantitative estimate of drug-likeness (QED) is 0.675. The molecule has 1 heterocycles. The maximum Gasteiger partial charge on any atom is 0.247 e. The zero-order valence-corrected chi connectivity index (χ0v) is 14.0. The van der Waals surface area contributed by atoms with Crippen LogP contribution in [0.5, 0.6) is 5.75 Å². The third kappa shape index (κ3) is 4.20. The average Bonchev–Trinajstić information content (AvgIpc) is 3.08. The normalized spacial score (nSPS) is 10.8. The lowest BCUT2D eigenvalue weighted by Crippen LogP contribution is -2.16. The van der Waals surface area contributed by atoms with Gasteiger partial charge in [-0.15, -0.1) is 10.2 Å². The fourth-order valence-electron chi connectivity index (χ4n) is 2.39. The molecule has 0 radical (unpaired) electrons. The van der Waals surface area contributed by atoms with E-state index >= 15 is 0 Å². The van der Waals surface area contributed by atoms with E-state index in [2.05, 4.69) is 28.5 Å². The van der Waals surface area contributed by atoms with Crippen LogP contribution in [0.25, 0.3) is 11.5 Å². The second kappa shape index (κ2) is 7.75. The molecule has 5 heteroatoms. The van der Waals surface area contributed by atoms with Crippen LogP contribution in [-0.4, -0.2) is 23.9 Å². The Hall–Kier alpha value is -2.66. The Morgan fingerprint density at radius 3 is 2.71 bits per heavy atom. The van der Waals surface area contributed by atoms with Gasteiger partial charge in [-0.3, -0.25) is 0 Å². The lowest BCUT2D eigenvalue weighted by atomic mass is 10.1. The minimum absolute atomic E-state index is 0.555. The van der Waals surface area contributed by atoms with Gasteiger partial charge in [-0.1, -0.05) is 29.8 Å². The number of aromatic nitrogens is 2. The molecular weight excluding hydrogens is 302 g/mol. The molecule has 24 heavy (non-hydrogen) atoms. The fraction of sp³-hybridized carbons (Fsp3) is 0.263. The number of benzene rings is 2. The van der Waals surface area contributed by atoms with Crippen molar-refractivity contribution in [2.24, 2.45) is 0 Å². The van der Waals surface area contributed by atoms with Crippen molar-refractivity contribution in [1.29, 1.82) is 0 Å². The summed E-state index contributed by atoms with van der Waals surface area (Å²) in [5.41, 5.74) is 3.38. The highest BCUT2D eigenvalue weighted by atomic mass is 16.5. The van der Waals surface area contributed by atoms with Gasteiger partial charge in [0.05, 0.1) is 13.7 Å². The fourth-order valence-corrected chi connectivity index (χ4v) is 2.39. The standard InChI is InChI=1S/C19H21N3O2/c1-14-6-8-16(9-7-14)19-22-21-18(24-19)13-20-11-10-15-4-3-5-17(12-15)23-2/h3-9,12,20H,10-11,13H2,1-2H3. The van der Waals surface area contributed by atoms with Gasteiger partial charge in [0.25, 0.3) is 0 Å². The molecule has 0 atom stereocenters. The van der Waals surface area contributed by atoms with Crippen molar-refractivity contribution < 1.29 is 9.15 Å². The van der Waals surface area contributed by atoms with Crippen molar-refractivity contribution in [2.45, 2.75) is 19.9 Å². The van der Waals surface area contributed by atoms with Crippen LogP contribution in [0.15, 0.2) is 52.9 Å². The Kier molecular flexibility index (Phi) is 5.23. The zero-order valence-electron chi connectivity index (χ0n) is 14.0. The summed E-state index contributed by atoms with van der Waals surface area (Å²) in [5.74, 6) is 2.03. The summed E-state index contributed by atoms with van der Waals surface area (Å²) in [6, 6.07) is 16.1. The number of ether oxygens (including phenoxy) is 1. The summed E-state index contributed by atoms with van der Waals surface area (Å²) in [6.07, 6.45) is 0.913.